The van der Waals surface area contributed by atoms with Crippen molar-refractivity contribution in [1.82, 2.24) is 20.5 Å². The van der Waals surface area contributed by atoms with E-state index in [2.05, 4.69) is 16.0 Å². The van der Waals surface area contributed by atoms with Gasteiger partial charge in [-0.3, -0.25) is 9.59 Å². The van der Waals surface area contributed by atoms with Gasteiger partial charge in [0.2, 0.25) is 5.91 Å². The monoisotopic (exact) mass is 538 g/mol. The summed E-state index contributed by atoms with van der Waals surface area (Å²) < 4.78 is 5.08. The van der Waals surface area contributed by atoms with Crippen LogP contribution in [0.2, 0.25) is 0 Å². The van der Waals surface area contributed by atoms with Crippen molar-refractivity contribution in [2.24, 2.45) is 0 Å². The first kappa shape index (κ1) is 27.4. The van der Waals surface area contributed by atoms with Gasteiger partial charge in [0, 0.05) is 35.6 Å². The molecule has 2 aromatic rings. The average Bonchev–Trinajstić information content (AvgIpc) is 3.41. The zero-order valence-electron chi connectivity index (χ0n) is 21.6. The normalized spacial score (nSPS) is 17.2. The minimum absolute atomic E-state index is 0.0809. The largest absolute Gasteiger partial charge is 0.450 e. The number of hydrogen-bond acceptors (Lipinski definition) is 8. The average molecular weight is 539 g/mol. The molecule has 10 nitrogen and oxygen atoms in total. The fourth-order valence-corrected chi connectivity index (χ4v) is 5.80. The Balaban J connectivity index is 1.34. The number of hydrogen-bond donors (Lipinski definition) is 3. The van der Waals surface area contributed by atoms with Crippen molar-refractivity contribution >= 4 is 34.4 Å². The Kier molecular flexibility index (Phi) is 9.18. The number of nitrogens with one attached hydrogen (secondary N) is 3. The quantitative estimate of drug-likeness (QED) is 0.433. The molecular formula is C27H34N6O4S. The standard InChI is InChI=1S/C27H34N6O4S/c1-2-37-26(36)33-16-10-21(11-17-33)30-25-31-22(18-38-25)19-6-8-20(9-7-19)23(34)32-27(12-4-3-5-13-27)24(35)29-15-14-28/h6-9,18,21H,2-5,10-13,15-17H2,1H3,(H,29,35)(H,30,31)(H,32,34). The van der Waals surface area contributed by atoms with Gasteiger partial charge in [-0.25, -0.2) is 9.78 Å². The summed E-state index contributed by atoms with van der Waals surface area (Å²) >= 11 is 1.52. The minimum Gasteiger partial charge on any atom is -0.450 e. The summed E-state index contributed by atoms with van der Waals surface area (Å²) in [7, 11) is 0. The van der Waals surface area contributed by atoms with Crippen LogP contribution in [0.25, 0.3) is 11.3 Å². The third-order valence-corrected chi connectivity index (χ3v) is 7.89. The van der Waals surface area contributed by atoms with E-state index in [1.54, 1.807) is 17.0 Å². The van der Waals surface area contributed by atoms with Gasteiger partial charge in [-0.05, 0) is 44.7 Å². The molecule has 0 atom stereocenters. The molecule has 1 saturated heterocycles. The lowest BCUT2D eigenvalue weighted by molar-refractivity contribution is -0.128. The van der Waals surface area contributed by atoms with Crippen molar-refractivity contribution < 1.29 is 19.1 Å². The van der Waals surface area contributed by atoms with E-state index in [9.17, 15) is 14.4 Å². The highest BCUT2D eigenvalue weighted by Gasteiger charge is 2.40. The Morgan fingerprint density at radius 1 is 1.16 bits per heavy atom. The highest BCUT2D eigenvalue weighted by molar-refractivity contribution is 7.14. The number of anilines is 1. The van der Waals surface area contributed by atoms with Crippen LogP contribution >= 0.6 is 11.3 Å². The van der Waals surface area contributed by atoms with Crippen LogP contribution in [0.15, 0.2) is 29.6 Å². The summed E-state index contributed by atoms with van der Waals surface area (Å²) in [6, 6.07) is 9.36. The van der Waals surface area contributed by atoms with Crippen molar-refractivity contribution in [3.63, 3.8) is 0 Å². The lowest BCUT2D eigenvalue weighted by Crippen LogP contribution is -2.59. The molecule has 202 valence electrons. The second-order valence-corrected chi connectivity index (χ2v) is 10.5. The van der Waals surface area contributed by atoms with Gasteiger partial charge >= 0.3 is 6.09 Å². The lowest BCUT2D eigenvalue weighted by Gasteiger charge is -2.36. The van der Waals surface area contributed by atoms with Gasteiger partial charge < -0.3 is 25.6 Å². The van der Waals surface area contributed by atoms with Gasteiger partial charge in [0.1, 0.15) is 12.1 Å². The van der Waals surface area contributed by atoms with Gasteiger partial charge in [0.05, 0.1) is 18.4 Å². The molecular weight excluding hydrogens is 504 g/mol. The number of aromatic nitrogens is 1. The Morgan fingerprint density at radius 2 is 1.87 bits per heavy atom. The fourth-order valence-electron chi connectivity index (χ4n) is 5.00. The van der Waals surface area contributed by atoms with Crippen molar-refractivity contribution in [2.75, 3.05) is 31.6 Å². The van der Waals surface area contributed by atoms with Crippen molar-refractivity contribution in [2.45, 2.75) is 63.5 Å². The number of nitriles is 1. The maximum absolute atomic E-state index is 13.1. The number of carbonyl (C=O) groups is 3. The highest BCUT2D eigenvalue weighted by atomic mass is 32.1. The van der Waals surface area contributed by atoms with E-state index < -0.39 is 5.54 Å². The number of nitrogens with zero attached hydrogens (tertiary/aromatic N) is 3. The van der Waals surface area contributed by atoms with Crippen LogP contribution in [0.1, 0.15) is 62.2 Å². The summed E-state index contributed by atoms with van der Waals surface area (Å²) in [6.07, 6.45) is 5.25. The van der Waals surface area contributed by atoms with E-state index in [-0.39, 0.29) is 30.5 Å². The molecule has 3 amide bonds. The van der Waals surface area contributed by atoms with E-state index in [4.69, 9.17) is 15.0 Å². The smallest absolute Gasteiger partial charge is 0.409 e. The lowest BCUT2D eigenvalue weighted by atomic mass is 9.80. The zero-order valence-corrected chi connectivity index (χ0v) is 22.4. The number of carbonyl (C=O) groups excluding carboxylic acids is 3. The third kappa shape index (κ3) is 6.61. The molecule has 1 aromatic heterocycles. The number of rotatable bonds is 8. The highest BCUT2D eigenvalue weighted by Crippen LogP contribution is 2.30. The van der Waals surface area contributed by atoms with Crippen molar-refractivity contribution in [3.8, 4) is 17.3 Å². The molecule has 0 bridgehead atoms. The summed E-state index contributed by atoms with van der Waals surface area (Å²) in [5.41, 5.74) is 1.19. The van der Waals surface area contributed by atoms with E-state index in [1.165, 1.54) is 11.3 Å². The van der Waals surface area contributed by atoms with Gasteiger partial charge in [0.25, 0.3) is 5.91 Å². The maximum Gasteiger partial charge on any atom is 0.409 e. The first-order valence-corrected chi connectivity index (χ1v) is 14.0. The molecule has 0 spiro atoms. The Labute approximate surface area is 226 Å². The summed E-state index contributed by atoms with van der Waals surface area (Å²) in [5, 5.41) is 20.7. The molecule has 1 saturated carbocycles. The number of piperidine rings is 1. The molecule has 2 fully saturated rings. The topological polar surface area (TPSA) is 136 Å². The number of thiazole rings is 1. The molecule has 2 aliphatic rings. The number of ether oxygens (including phenoxy) is 1. The van der Waals surface area contributed by atoms with Crippen LogP contribution in [0.5, 0.6) is 0 Å². The Bertz CT molecular complexity index is 1160. The number of amides is 3. The predicted molar refractivity (Wildman–Crippen MR) is 145 cm³/mol. The molecule has 3 N–H and O–H groups in total. The van der Waals surface area contributed by atoms with Gasteiger partial charge in [-0.2, -0.15) is 5.26 Å². The molecule has 4 rings (SSSR count). The fraction of sp³-hybridized carbons (Fsp3) is 0.519. The Morgan fingerprint density at radius 3 is 2.53 bits per heavy atom. The molecule has 1 aromatic carbocycles. The van der Waals surface area contributed by atoms with Crippen LogP contribution in [0.4, 0.5) is 9.93 Å². The van der Waals surface area contributed by atoms with Crippen molar-refractivity contribution in [3.05, 3.63) is 35.2 Å². The SMILES string of the molecule is CCOC(=O)N1CCC(Nc2nc(-c3ccc(C(=O)NC4(C(=O)NCC#N)CCCCC4)cc3)cs2)CC1. The van der Waals surface area contributed by atoms with Gasteiger partial charge in [-0.15, -0.1) is 11.3 Å². The van der Waals surface area contributed by atoms with Crippen LogP contribution in [-0.4, -0.2) is 65.6 Å². The second kappa shape index (κ2) is 12.7. The summed E-state index contributed by atoms with van der Waals surface area (Å²) in [5.74, 6) is -0.599. The van der Waals surface area contributed by atoms with Crippen LogP contribution in [0.3, 0.4) is 0 Å². The zero-order chi connectivity index (χ0) is 27.0. The molecule has 2 heterocycles. The molecule has 0 unspecified atom stereocenters. The summed E-state index contributed by atoms with van der Waals surface area (Å²) in [6.45, 7) is 3.41. The molecule has 1 aliphatic heterocycles. The van der Waals surface area contributed by atoms with Gasteiger partial charge in [-0.1, -0.05) is 31.4 Å². The maximum atomic E-state index is 13.1. The number of benzene rings is 1. The first-order chi connectivity index (χ1) is 18.4. The number of likely N-dealkylation sites (tertiary alicyclic amines) is 1. The van der Waals surface area contributed by atoms with Crippen LogP contribution in [-0.2, 0) is 9.53 Å². The van der Waals surface area contributed by atoms with E-state index in [0.29, 0.717) is 38.1 Å². The molecule has 1 aliphatic carbocycles. The first-order valence-electron chi connectivity index (χ1n) is 13.2. The molecule has 38 heavy (non-hydrogen) atoms. The van der Waals surface area contributed by atoms with Crippen molar-refractivity contribution in [1.29, 1.82) is 5.26 Å². The molecule has 11 heteroatoms. The van der Waals surface area contributed by atoms with E-state index >= 15 is 0 Å². The third-order valence-electron chi connectivity index (χ3n) is 7.12. The predicted octanol–water partition coefficient (Wildman–Crippen LogP) is 3.92. The van der Waals surface area contributed by atoms with Gasteiger partial charge in [0.15, 0.2) is 5.13 Å². The van der Waals surface area contributed by atoms with Crippen LogP contribution < -0.4 is 16.0 Å². The van der Waals surface area contributed by atoms with E-state index in [1.807, 2.05) is 30.5 Å². The van der Waals surface area contributed by atoms with Crippen LogP contribution in [0, 0.1) is 11.3 Å². The molecule has 0 radical (unpaired) electrons. The minimum atomic E-state index is -0.979. The summed E-state index contributed by atoms with van der Waals surface area (Å²) in [4.78, 5) is 44.2. The second-order valence-electron chi connectivity index (χ2n) is 9.66. The Hall–Kier alpha value is -3.65. The van der Waals surface area contributed by atoms with E-state index in [0.717, 1.165) is 48.5 Å².